The Morgan fingerprint density at radius 1 is 1.38 bits per heavy atom. The van der Waals surface area contributed by atoms with Gasteiger partial charge in [-0.05, 0) is 25.2 Å². The van der Waals surface area contributed by atoms with E-state index >= 15 is 0 Å². The van der Waals surface area contributed by atoms with Crippen LogP contribution in [0.1, 0.15) is 33.6 Å². The van der Waals surface area contributed by atoms with E-state index < -0.39 is 0 Å². The van der Waals surface area contributed by atoms with Crippen LogP contribution < -0.4 is 5.32 Å². The van der Waals surface area contributed by atoms with Gasteiger partial charge in [0.05, 0.1) is 0 Å². The van der Waals surface area contributed by atoms with Gasteiger partial charge in [0.25, 0.3) is 0 Å². The molecular formula is C10H20N2O. The quantitative estimate of drug-likeness (QED) is 0.662. The summed E-state index contributed by atoms with van der Waals surface area (Å²) < 4.78 is 0. The normalized spacial score (nSPS) is 21.3. The molecule has 0 radical (unpaired) electrons. The SMILES string of the molecule is CCNC(=O)N1CCC(C)(C)CC1. The molecule has 0 aromatic rings. The van der Waals surface area contributed by atoms with E-state index in [-0.39, 0.29) is 6.03 Å². The van der Waals surface area contributed by atoms with Gasteiger partial charge in [0.15, 0.2) is 0 Å². The fourth-order valence-electron chi connectivity index (χ4n) is 1.58. The number of carbonyl (C=O) groups excluding carboxylic acids is 1. The second kappa shape index (κ2) is 3.99. The molecule has 1 fully saturated rings. The minimum absolute atomic E-state index is 0.0954. The first kappa shape index (κ1) is 10.4. The topological polar surface area (TPSA) is 32.3 Å². The molecule has 0 bridgehead atoms. The second-order valence-corrected chi connectivity index (χ2v) is 4.49. The molecule has 3 nitrogen and oxygen atoms in total. The highest BCUT2D eigenvalue weighted by Gasteiger charge is 2.27. The van der Waals surface area contributed by atoms with Gasteiger partial charge in [-0.3, -0.25) is 0 Å². The summed E-state index contributed by atoms with van der Waals surface area (Å²) in [6, 6.07) is 0.0954. The maximum absolute atomic E-state index is 11.4. The van der Waals surface area contributed by atoms with Gasteiger partial charge in [-0.1, -0.05) is 13.8 Å². The lowest BCUT2D eigenvalue weighted by molar-refractivity contribution is 0.140. The van der Waals surface area contributed by atoms with Crippen LogP contribution in [0.15, 0.2) is 0 Å². The molecule has 3 heteroatoms. The third-order valence-electron chi connectivity index (χ3n) is 2.73. The molecule has 1 heterocycles. The average molecular weight is 184 g/mol. The largest absolute Gasteiger partial charge is 0.338 e. The molecule has 0 spiro atoms. The number of likely N-dealkylation sites (tertiary alicyclic amines) is 1. The zero-order valence-electron chi connectivity index (χ0n) is 8.89. The van der Waals surface area contributed by atoms with Crippen molar-refractivity contribution >= 4 is 6.03 Å². The molecule has 13 heavy (non-hydrogen) atoms. The first-order valence-electron chi connectivity index (χ1n) is 5.08. The Hall–Kier alpha value is -0.730. The molecule has 0 aliphatic carbocycles. The Morgan fingerprint density at radius 2 is 1.92 bits per heavy atom. The Bertz CT molecular complexity index is 179. The van der Waals surface area contributed by atoms with Crippen LogP contribution in [0.25, 0.3) is 0 Å². The van der Waals surface area contributed by atoms with Crippen molar-refractivity contribution in [2.75, 3.05) is 19.6 Å². The molecule has 1 N–H and O–H groups in total. The summed E-state index contributed by atoms with van der Waals surface area (Å²) in [5, 5.41) is 2.83. The van der Waals surface area contributed by atoms with Crippen LogP contribution in [-0.2, 0) is 0 Å². The Kier molecular flexibility index (Phi) is 3.17. The predicted octanol–water partition coefficient (Wildman–Crippen LogP) is 1.84. The number of nitrogens with zero attached hydrogens (tertiary/aromatic N) is 1. The molecule has 1 aliphatic rings. The standard InChI is InChI=1S/C10H20N2O/c1-4-11-9(13)12-7-5-10(2,3)6-8-12/h4-8H2,1-3H3,(H,11,13). The molecule has 1 aliphatic heterocycles. The Balaban J connectivity index is 2.36. The molecule has 2 amide bonds. The summed E-state index contributed by atoms with van der Waals surface area (Å²) >= 11 is 0. The van der Waals surface area contributed by atoms with Gasteiger partial charge in [0, 0.05) is 19.6 Å². The van der Waals surface area contributed by atoms with Crippen molar-refractivity contribution in [1.82, 2.24) is 10.2 Å². The Labute approximate surface area is 80.5 Å². The fraction of sp³-hybridized carbons (Fsp3) is 0.900. The summed E-state index contributed by atoms with van der Waals surface area (Å²) in [6.45, 7) is 9.01. The molecular weight excluding hydrogens is 164 g/mol. The van der Waals surface area contributed by atoms with Crippen molar-refractivity contribution in [3.63, 3.8) is 0 Å². The molecule has 0 atom stereocenters. The van der Waals surface area contributed by atoms with Gasteiger partial charge in [-0.25, -0.2) is 4.79 Å². The lowest BCUT2D eigenvalue weighted by atomic mass is 9.83. The zero-order chi connectivity index (χ0) is 9.90. The number of hydrogen-bond donors (Lipinski definition) is 1. The summed E-state index contributed by atoms with van der Waals surface area (Å²) in [7, 11) is 0. The number of carbonyl (C=O) groups is 1. The van der Waals surface area contributed by atoms with E-state index in [2.05, 4.69) is 19.2 Å². The van der Waals surface area contributed by atoms with Crippen LogP contribution in [0.4, 0.5) is 4.79 Å². The van der Waals surface area contributed by atoms with Gasteiger partial charge in [-0.15, -0.1) is 0 Å². The maximum Gasteiger partial charge on any atom is 0.317 e. The molecule has 0 unspecified atom stereocenters. The minimum atomic E-state index is 0.0954. The van der Waals surface area contributed by atoms with Gasteiger partial charge >= 0.3 is 6.03 Å². The summed E-state index contributed by atoms with van der Waals surface area (Å²) in [4.78, 5) is 13.3. The van der Waals surface area contributed by atoms with E-state index in [4.69, 9.17) is 0 Å². The lowest BCUT2D eigenvalue weighted by Crippen LogP contribution is -2.46. The van der Waals surface area contributed by atoms with Crippen molar-refractivity contribution in [3.8, 4) is 0 Å². The van der Waals surface area contributed by atoms with Crippen LogP contribution in [0.5, 0.6) is 0 Å². The van der Waals surface area contributed by atoms with Gasteiger partial charge in [-0.2, -0.15) is 0 Å². The van der Waals surface area contributed by atoms with E-state index in [0.29, 0.717) is 5.41 Å². The van der Waals surface area contributed by atoms with Crippen LogP contribution in [-0.4, -0.2) is 30.6 Å². The van der Waals surface area contributed by atoms with Gasteiger partial charge < -0.3 is 10.2 Å². The number of urea groups is 1. The highest BCUT2D eigenvalue weighted by Crippen LogP contribution is 2.29. The molecule has 1 rings (SSSR count). The first-order valence-corrected chi connectivity index (χ1v) is 5.08. The number of hydrogen-bond acceptors (Lipinski definition) is 1. The zero-order valence-corrected chi connectivity index (χ0v) is 8.89. The third-order valence-corrected chi connectivity index (χ3v) is 2.73. The predicted molar refractivity (Wildman–Crippen MR) is 53.7 cm³/mol. The number of piperidine rings is 1. The smallest absolute Gasteiger partial charge is 0.317 e. The maximum atomic E-state index is 11.4. The fourth-order valence-corrected chi connectivity index (χ4v) is 1.58. The van der Waals surface area contributed by atoms with E-state index in [1.54, 1.807) is 0 Å². The number of amides is 2. The molecule has 0 aromatic heterocycles. The number of nitrogens with one attached hydrogen (secondary N) is 1. The third kappa shape index (κ3) is 2.90. The lowest BCUT2D eigenvalue weighted by Gasteiger charge is -2.36. The minimum Gasteiger partial charge on any atom is -0.338 e. The summed E-state index contributed by atoms with van der Waals surface area (Å²) in [5.41, 5.74) is 0.420. The van der Waals surface area contributed by atoms with Crippen molar-refractivity contribution in [2.45, 2.75) is 33.6 Å². The van der Waals surface area contributed by atoms with Gasteiger partial charge in [0.1, 0.15) is 0 Å². The highest BCUT2D eigenvalue weighted by atomic mass is 16.2. The average Bonchev–Trinajstić information content (AvgIpc) is 2.04. The van der Waals surface area contributed by atoms with Crippen molar-refractivity contribution < 1.29 is 4.79 Å². The van der Waals surface area contributed by atoms with Crippen molar-refractivity contribution in [2.24, 2.45) is 5.41 Å². The monoisotopic (exact) mass is 184 g/mol. The van der Waals surface area contributed by atoms with Crippen LogP contribution in [0, 0.1) is 5.41 Å². The Morgan fingerprint density at radius 3 is 2.38 bits per heavy atom. The van der Waals surface area contributed by atoms with E-state index in [1.807, 2.05) is 11.8 Å². The van der Waals surface area contributed by atoms with Gasteiger partial charge in [0.2, 0.25) is 0 Å². The molecule has 0 saturated carbocycles. The first-order chi connectivity index (χ1) is 6.05. The summed E-state index contributed by atoms with van der Waals surface area (Å²) in [6.07, 6.45) is 2.23. The van der Waals surface area contributed by atoms with E-state index in [1.165, 1.54) is 0 Å². The summed E-state index contributed by atoms with van der Waals surface area (Å²) in [5.74, 6) is 0. The number of rotatable bonds is 1. The van der Waals surface area contributed by atoms with Crippen LogP contribution >= 0.6 is 0 Å². The molecule has 76 valence electrons. The highest BCUT2D eigenvalue weighted by molar-refractivity contribution is 5.74. The van der Waals surface area contributed by atoms with E-state index in [0.717, 1.165) is 32.5 Å². The molecule has 1 saturated heterocycles. The van der Waals surface area contributed by atoms with Crippen LogP contribution in [0.3, 0.4) is 0 Å². The van der Waals surface area contributed by atoms with Crippen molar-refractivity contribution in [1.29, 1.82) is 0 Å². The molecule has 0 aromatic carbocycles. The van der Waals surface area contributed by atoms with Crippen molar-refractivity contribution in [3.05, 3.63) is 0 Å². The second-order valence-electron chi connectivity index (χ2n) is 4.49. The van der Waals surface area contributed by atoms with Crippen LogP contribution in [0.2, 0.25) is 0 Å². The van der Waals surface area contributed by atoms with E-state index in [9.17, 15) is 4.79 Å².